The van der Waals surface area contributed by atoms with Crippen LogP contribution in [0.2, 0.25) is 26.2 Å². The zero-order valence-corrected chi connectivity index (χ0v) is 43.7. The van der Waals surface area contributed by atoms with E-state index in [1.54, 1.807) is 0 Å². The predicted molar refractivity (Wildman–Crippen MR) is 303 cm³/mol. The molecule has 4 nitrogen and oxygen atoms in total. The summed E-state index contributed by atoms with van der Waals surface area (Å²) in [6.45, 7) is 23.4. The Hall–Kier alpha value is -7.39. The average molecular weight is 941 g/mol. The van der Waals surface area contributed by atoms with Crippen molar-refractivity contribution in [2.24, 2.45) is 0 Å². The minimum Gasteiger partial charge on any atom is -0.455 e. The van der Waals surface area contributed by atoms with Crippen LogP contribution in [-0.2, 0) is 0 Å². The number of anilines is 6. The minimum atomic E-state index is -2.41. The van der Waals surface area contributed by atoms with Crippen molar-refractivity contribution in [2.75, 3.05) is 9.80 Å². The molecule has 342 valence electrons. The highest BCUT2D eigenvalue weighted by molar-refractivity contribution is 7.06. The molecule has 11 aromatic rings. The van der Waals surface area contributed by atoms with Crippen LogP contribution < -0.4 is 30.5 Å². The van der Waals surface area contributed by atoms with Crippen LogP contribution in [0, 0.1) is 41.5 Å². The highest BCUT2D eigenvalue weighted by atomic mass is 28.3. The molecule has 4 heterocycles. The van der Waals surface area contributed by atoms with Crippen LogP contribution in [0.15, 0.2) is 167 Å². The van der Waals surface area contributed by atoms with Crippen LogP contribution >= 0.6 is 0 Å². The van der Waals surface area contributed by atoms with Crippen molar-refractivity contribution in [3.05, 3.63) is 191 Å². The fourth-order valence-electron chi connectivity index (χ4n) is 12.3. The summed E-state index contributed by atoms with van der Waals surface area (Å²) in [5.41, 5.74) is 23.3. The van der Waals surface area contributed by atoms with Gasteiger partial charge in [-0.25, -0.2) is 0 Å². The van der Waals surface area contributed by atoms with Gasteiger partial charge in [0, 0.05) is 44.5 Å². The lowest BCUT2D eigenvalue weighted by Gasteiger charge is -2.30. The molecule has 0 fully saturated rings. The van der Waals surface area contributed by atoms with E-state index in [-0.39, 0.29) is 0 Å². The number of rotatable bonds is 6. The van der Waals surface area contributed by atoms with E-state index in [2.05, 4.69) is 235 Å². The van der Waals surface area contributed by atoms with Crippen LogP contribution in [0.4, 0.5) is 34.1 Å². The predicted octanol–water partition coefficient (Wildman–Crippen LogP) is 15.9. The maximum atomic E-state index is 7.24. The van der Waals surface area contributed by atoms with Crippen LogP contribution in [-0.4, -0.2) is 16.1 Å². The Balaban J connectivity index is 1.09. The molecular formula is C64H56N2O2Si2. The van der Waals surface area contributed by atoms with Crippen LogP contribution in [0.3, 0.4) is 0 Å². The normalized spacial score (nSPS) is 14.1. The van der Waals surface area contributed by atoms with E-state index < -0.39 is 16.1 Å². The minimum absolute atomic E-state index is 0.912. The van der Waals surface area contributed by atoms with E-state index in [0.29, 0.717) is 0 Å². The van der Waals surface area contributed by atoms with Gasteiger partial charge in [-0.15, -0.1) is 0 Å². The Bertz CT molecular complexity index is 4020. The Morgan fingerprint density at radius 3 is 1.31 bits per heavy atom. The van der Waals surface area contributed by atoms with E-state index in [0.717, 1.165) is 66.9 Å². The van der Waals surface area contributed by atoms with Crippen LogP contribution in [0.25, 0.3) is 66.1 Å². The lowest BCUT2D eigenvalue weighted by atomic mass is 9.95. The number of aryl methyl sites for hydroxylation is 6. The molecule has 13 rings (SSSR count). The van der Waals surface area contributed by atoms with Crippen molar-refractivity contribution in [3.8, 4) is 22.3 Å². The van der Waals surface area contributed by atoms with Crippen molar-refractivity contribution in [1.82, 2.24) is 0 Å². The molecule has 0 unspecified atom stereocenters. The smallest absolute Gasteiger partial charge is 0.160 e. The van der Waals surface area contributed by atoms with Gasteiger partial charge in [-0.3, -0.25) is 0 Å². The van der Waals surface area contributed by atoms with Gasteiger partial charge < -0.3 is 18.6 Å². The molecule has 0 bridgehead atoms. The molecule has 0 saturated heterocycles. The molecule has 0 spiro atoms. The fraction of sp³-hybridized carbons (Fsp3) is 0.156. The second-order valence-electron chi connectivity index (χ2n) is 21.4. The molecule has 0 N–H and O–H groups in total. The van der Waals surface area contributed by atoms with Gasteiger partial charge >= 0.3 is 0 Å². The number of para-hydroxylation sites is 2. The number of benzene rings is 9. The maximum Gasteiger partial charge on any atom is 0.160 e. The second-order valence-corrected chi connectivity index (χ2v) is 30.0. The van der Waals surface area contributed by atoms with Gasteiger partial charge in [0.15, 0.2) is 5.58 Å². The zero-order chi connectivity index (χ0) is 48.1. The SMILES string of the molecule is Cc1ccc(N(c2ccc(C)cc2C)c2cc3c(c4c2oc2ccccc24)-c2cc4c(cc2[Si]3(C)C)-c2c(cc(N(c3ccc(C)cc3)c3ccc(C)cc3C)c3c2oc2ccccc23)[Si]4(C)C)cc1. The summed E-state index contributed by atoms with van der Waals surface area (Å²) in [5.74, 6) is 0. The molecular weight excluding hydrogens is 885 g/mol. The largest absolute Gasteiger partial charge is 0.455 e. The van der Waals surface area contributed by atoms with Crippen molar-refractivity contribution in [1.29, 1.82) is 0 Å². The molecule has 0 radical (unpaired) electrons. The van der Waals surface area contributed by atoms with E-state index >= 15 is 0 Å². The molecule has 2 aliphatic heterocycles. The lowest BCUT2D eigenvalue weighted by Crippen LogP contribution is -2.51. The summed E-state index contributed by atoms with van der Waals surface area (Å²) >= 11 is 0. The third kappa shape index (κ3) is 6.06. The third-order valence-electron chi connectivity index (χ3n) is 15.9. The molecule has 0 amide bonds. The number of fused-ring (bicyclic) bond motifs is 14. The first-order valence-corrected chi connectivity index (χ1v) is 30.7. The van der Waals surface area contributed by atoms with E-state index in [1.807, 2.05) is 0 Å². The fourth-order valence-corrected chi connectivity index (χ4v) is 18.4. The molecule has 2 aliphatic rings. The summed E-state index contributed by atoms with van der Waals surface area (Å²) in [6.07, 6.45) is 0. The summed E-state index contributed by atoms with van der Waals surface area (Å²) in [6, 6.07) is 59.3. The maximum absolute atomic E-state index is 7.24. The van der Waals surface area contributed by atoms with Gasteiger partial charge in [0.2, 0.25) is 0 Å². The van der Waals surface area contributed by atoms with Gasteiger partial charge in [-0.05, 0) is 151 Å². The van der Waals surface area contributed by atoms with Gasteiger partial charge in [-0.2, -0.15) is 0 Å². The van der Waals surface area contributed by atoms with Crippen molar-refractivity contribution < 1.29 is 8.83 Å². The monoisotopic (exact) mass is 940 g/mol. The quantitative estimate of drug-likeness (QED) is 0.156. The first-order valence-electron chi connectivity index (χ1n) is 24.7. The number of furan rings is 2. The first kappa shape index (κ1) is 42.7. The highest BCUT2D eigenvalue weighted by Crippen LogP contribution is 2.51. The topological polar surface area (TPSA) is 32.8 Å². The van der Waals surface area contributed by atoms with Gasteiger partial charge in [-0.1, -0.05) is 146 Å². The molecule has 70 heavy (non-hydrogen) atoms. The highest BCUT2D eigenvalue weighted by Gasteiger charge is 2.47. The first-order chi connectivity index (χ1) is 33.7. The Labute approximate surface area is 412 Å². The standard InChI is InChI=1S/C64H56N2O2Si2/c1-37-19-25-43(26-20-37)65(49-29-23-39(3)31-41(49)5)51-35-58-61(64-59(51)45-15-11-13-17-53(45)68-64)48-34-55-47(33-56(48)70(58,9)10)60-57(69(55,7)8)36-52(63-62(60)46-16-12-14-18-54(46)67-63)66(44-27-21-38(2)22-28-44)50-30-24-40(4)32-42(50)6/h11-36H,1-10H3. The Morgan fingerprint density at radius 2 is 0.786 bits per heavy atom. The van der Waals surface area contributed by atoms with Crippen molar-refractivity contribution in [3.63, 3.8) is 0 Å². The molecule has 6 heteroatoms. The molecule has 0 aliphatic carbocycles. The van der Waals surface area contributed by atoms with E-state index in [9.17, 15) is 0 Å². The zero-order valence-electron chi connectivity index (χ0n) is 41.7. The summed E-state index contributed by atoms with van der Waals surface area (Å²) in [5, 5.41) is 10.5. The summed E-state index contributed by atoms with van der Waals surface area (Å²) in [4.78, 5) is 4.95. The van der Waals surface area contributed by atoms with Gasteiger partial charge in [0.25, 0.3) is 0 Å². The van der Waals surface area contributed by atoms with E-state index in [4.69, 9.17) is 8.83 Å². The molecule has 0 saturated carbocycles. The third-order valence-corrected chi connectivity index (χ3v) is 22.9. The summed E-state index contributed by atoms with van der Waals surface area (Å²) in [7, 11) is -4.81. The number of nitrogens with zero attached hydrogens (tertiary/aromatic N) is 2. The number of hydrogen-bond acceptors (Lipinski definition) is 4. The average Bonchev–Trinajstić information content (AvgIpc) is 4.04. The van der Waals surface area contributed by atoms with Crippen LogP contribution in [0.5, 0.6) is 0 Å². The molecule has 0 atom stereocenters. The second kappa shape index (κ2) is 15.1. The van der Waals surface area contributed by atoms with Gasteiger partial charge in [0.1, 0.15) is 32.9 Å². The molecule has 2 aromatic heterocycles. The van der Waals surface area contributed by atoms with Crippen LogP contribution in [0.1, 0.15) is 33.4 Å². The molecule has 9 aromatic carbocycles. The van der Waals surface area contributed by atoms with Crippen molar-refractivity contribution >= 4 is 115 Å². The summed E-state index contributed by atoms with van der Waals surface area (Å²) < 4.78 is 14.4. The number of hydrogen-bond donors (Lipinski definition) is 0. The lowest BCUT2D eigenvalue weighted by molar-refractivity contribution is 0.669. The van der Waals surface area contributed by atoms with Crippen molar-refractivity contribution in [2.45, 2.75) is 67.7 Å². The van der Waals surface area contributed by atoms with Gasteiger partial charge in [0.05, 0.1) is 16.8 Å². The van der Waals surface area contributed by atoms with E-state index in [1.165, 1.54) is 87.5 Å². The Kier molecular flexibility index (Phi) is 9.18. The Morgan fingerprint density at radius 1 is 0.357 bits per heavy atom.